The molecule has 0 saturated carbocycles. The number of fused-ring (bicyclic) bond motifs is 1. The second-order valence-corrected chi connectivity index (χ2v) is 5.17. The number of aliphatic hydroxyl groups is 1. The normalized spacial score (nSPS) is 11.8. The molecule has 0 amide bonds. The van der Waals surface area contributed by atoms with E-state index in [1.807, 2.05) is 45.0 Å². The van der Waals surface area contributed by atoms with E-state index >= 15 is 0 Å². The van der Waals surface area contributed by atoms with Gasteiger partial charge in [0.15, 0.2) is 0 Å². The number of carbonyl (C=O) groups is 1. The van der Waals surface area contributed by atoms with Crippen LogP contribution in [0.2, 0.25) is 0 Å². The van der Waals surface area contributed by atoms with E-state index in [-0.39, 0.29) is 6.61 Å². The highest BCUT2D eigenvalue weighted by atomic mass is 16.6. The predicted octanol–water partition coefficient (Wildman–Crippen LogP) is 2.92. The Kier molecular flexibility index (Phi) is 3.13. The molecule has 96 valence electrons. The first-order valence-corrected chi connectivity index (χ1v) is 5.85. The molecule has 0 atom stereocenters. The second-order valence-electron chi connectivity index (χ2n) is 5.17. The SMILES string of the molecule is CC(C)(C)OC(=O)n1ccc2c(CO)cccc21. The quantitative estimate of drug-likeness (QED) is 0.843. The molecular formula is C14H17NO3. The summed E-state index contributed by atoms with van der Waals surface area (Å²) in [4.78, 5) is 12.0. The molecule has 0 unspecified atom stereocenters. The molecular weight excluding hydrogens is 230 g/mol. The van der Waals surface area contributed by atoms with E-state index in [0.717, 1.165) is 16.5 Å². The van der Waals surface area contributed by atoms with Gasteiger partial charge in [-0.15, -0.1) is 0 Å². The van der Waals surface area contributed by atoms with E-state index in [4.69, 9.17) is 4.74 Å². The Morgan fingerprint density at radius 1 is 1.33 bits per heavy atom. The van der Waals surface area contributed by atoms with Crippen molar-refractivity contribution in [1.29, 1.82) is 0 Å². The summed E-state index contributed by atoms with van der Waals surface area (Å²) >= 11 is 0. The maximum atomic E-state index is 12.0. The van der Waals surface area contributed by atoms with Gasteiger partial charge in [0, 0.05) is 11.6 Å². The molecule has 2 aromatic rings. The molecule has 0 aliphatic rings. The molecule has 0 bridgehead atoms. The molecule has 1 aromatic heterocycles. The summed E-state index contributed by atoms with van der Waals surface area (Å²) in [5, 5.41) is 10.1. The highest BCUT2D eigenvalue weighted by molar-refractivity contribution is 5.91. The number of ether oxygens (including phenoxy) is 1. The Morgan fingerprint density at radius 3 is 2.67 bits per heavy atom. The Bertz CT molecular complexity index is 578. The van der Waals surface area contributed by atoms with E-state index in [1.165, 1.54) is 4.57 Å². The highest BCUT2D eigenvalue weighted by Gasteiger charge is 2.19. The third-order valence-electron chi connectivity index (χ3n) is 2.58. The van der Waals surface area contributed by atoms with E-state index in [2.05, 4.69) is 0 Å². The van der Waals surface area contributed by atoms with Crippen LogP contribution < -0.4 is 0 Å². The fourth-order valence-electron chi connectivity index (χ4n) is 1.84. The van der Waals surface area contributed by atoms with Gasteiger partial charge in [-0.25, -0.2) is 4.79 Å². The van der Waals surface area contributed by atoms with Gasteiger partial charge in [-0.3, -0.25) is 4.57 Å². The summed E-state index contributed by atoms with van der Waals surface area (Å²) in [5.41, 5.74) is 1.02. The maximum Gasteiger partial charge on any atom is 0.418 e. The van der Waals surface area contributed by atoms with Crippen molar-refractivity contribution in [3.05, 3.63) is 36.0 Å². The lowest BCUT2D eigenvalue weighted by atomic mass is 10.1. The Balaban J connectivity index is 2.44. The molecule has 0 saturated heterocycles. The highest BCUT2D eigenvalue weighted by Crippen LogP contribution is 2.21. The lowest BCUT2D eigenvalue weighted by Gasteiger charge is -2.19. The molecule has 4 nitrogen and oxygen atoms in total. The summed E-state index contributed by atoms with van der Waals surface area (Å²) in [6.07, 6.45) is 1.25. The number of carbonyl (C=O) groups excluding carboxylic acids is 1. The lowest BCUT2D eigenvalue weighted by molar-refractivity contribution is 0.0544. The number of nitrogens with zero attached hydrogens (tertiary/aromatic N) is 1. The third kappa shape index (κ3) is 2.38. The van der Waals surface area contributed by atoms with Crippen molar-refractivity contribution in [1.82, 2.24) is 4.57 Å². The number of rotatable bonds is 1. The van der Waals surface area contributed by atoms with Crippen LogP contribution in [0.3, 0.4) is 0 Å². The Labute approximate surface area is 106 Å². The van der Waals surface area contributed by atoms with Gasteiger partial charge in [-0.1, -0.05) is 12.1 Å². The minimum absolute atomic E-state index is 0.0460. The van der Waals surface area contributed by atoms with E-state index < -0.39 is 11.7 Å². The first-order valence-electron chi connectivity index (χ1n) is 5.85. The lowest BCUT2D eigenvalue weighted by Crippen LogP contribution is -2.26. The average Bonchev–Trinajstić information content (AvgIpc) is 2.69. The average molecular weight is 247 g/mol. The molecule has 18 heavy (non-hydrogen) atoms. The van der Waals surface area contributed by atoms with Gasteiger partial charge in [-0.2, -0.15) is 0 Å². The summed E-state index contributed by atoms with van der Waals surface area (Å²) < 4.78 is 6.78. The number of hydrogen-bond donors (Lipinski definition) is 1. The summed E-state index contributed by atoms with van der Waals surface area (Å²) in [5.74, 6) is 0. The molecule has 0 aliphatic heterocycles. The molecule has 0 fully saturated rings. The molecule has 2 rings (SSSR count). The molecule has 0 spiro atoms. The molecule has 1 N–H and O–H groups in total. The minimum atomic E-state index is -0.526. The van der Waals surface area contributed by atoms with Crippen LogP contribution in [-0.4, -0.2) is 21.4 Å². The van der Waals surface area contributed by atoms with Crippen molar-refractivity contribution in [3.8, 4) is 0 Å². The van der Waals surface area contributed by atoms with Crippen LogP contribution in [0.15, 0.2) is 30.5 Å². The van der Waals surface area contributed by atoms with Crippen molar-refractivity contribution in [2.75, 3.05) is 0 Å². The fraction of sp³-hybridized carbons (Fsp3) is 0.357. The monoisotopic (exact) mass is 247 g/mol. The number of hydrogen-bond acceptors (Lipinski definition) is 3. The fourth-order valence-corrected chi connectivity index (χ4v) is 1.84. The van der Waals surface area contributed by atoms with Crippen LogP contribution in [0.5, 0.6) is 0 Å². The molecule has 1 heterocycles. The number of aliphatic hydroxyl groups excluding tert-OH is 1. The first kappa shape index (κ1) is 12.6. The molecule has 0 aliphatic carbocycles. The van der Waals surface area contributed by atoms with Gasteiger partial charge in [0.25, 0.3) is 0 Å². The molecule has 0 radical (unpaired) electrons. The van der Waals surface area contributed by atoms with E-state index in [9.17, 15) is 9.90 Å². The van der Waals surface area contributed by atoms with Gasteiger partial charge in [0.2, 0.25) is 0 Å². The van der Waals surface area contributed by atoms with Crippen molar-refractivity contribution in [3.63, 3.8) is 0 Å². The van der Waals surface area contributed by atoms with Crippen molar-refractivity contribution < 1.29 is 14.6 Å². The van der Waals surface area contributed by atoms with Crippen LogP contribution in [-0.2, 0) is 11.3 Å². The summed E-state index contributed by atoms with van der Waals surface area (Å²) in [6.45, 7) is 5.44. The summed E-state index contributed by atoms with van der Waals surface area (Å²) in [7, 11) is 0. The number of aromatic nitrogens is 1. The van der Waals surface area contributed by atoms with E-state index in [1.54, 1.807) is 6.20 Å². The zero-order valence-electron chi connectivity index (χ0n) is 10.8. The van der Waals surface area contributed by atoms with Crippen LogP contribution >= 0.6 is 0 Å². The van der Waals surface area contributed by atoms with Crippen molar-refractivity contribution in [2.45, 2.75) is 33.0 Å². The minimum Gasteiger partial charge on any atom is -0.443 e. The first-order chi connectivity index (χ1) is 8.42. The third-order valence-corrected chi connectivity index (χ3v) is 2.58. The van der Waals surface area contributed by atoms with Crippen LogP contribution in [0.4, 0.5) is 4.79 Å². The van der Waals surface area contributed by atoms with Crippen LogP contribution in [0.1, 0.15) is 26.3 Å². The summed E-state index contributed by atoms with van der Waals surface area (Å²) in [6, 6.07) is 7.29. The van der Waals surface area contributed by atoms with Crippen molar-refractivity contribution >= 4 is 17.0 Å². The van der Waals surface area contributed by atoms with Gasteiger partial charge in [-0.05, 0) is 38.5 Å². The maximum absolute atomic E-state index is 12.0. The molecule has 4 heteroatoms. The standard InChI is InChI=1S/C14H17NO3/c1-14(2,3)18-13(17)15-8-7-11-10(9-16)5-4-6-12(11)15/h4-8,16H,9H2,1-3H3. The van der Waals surface area contributed by atoms with Crippen LogP contribution in [0.25, 0.3) is 10.9 Å². The smallest absolute Gasteiger partial charge is 0.418 e. The van der Waals surface area contributed by atoms with Crippen LogP contribution in [0, 0.1) is 0 Å². The predicted molar refractivity (Wildman–Crippen MR) is 69.5 cm³/mol. The van der Waals surface area contributed by atoms with Gasteiger partial charge >= 0.3 is 6.09 Å². The van der Waals surface area contributed by atoms with Gasteiger partial charge in [0.05, 0.1) is 12.1 Å². The van der Waals surface area contributed by atoms with E-state index in [0.29, 0.717) is 0 Å². The number of benzene rings is 1. The largest absolute Gasteiger partial charge is 0.443 e. The molecule has 1 aromatic carbocycles. The zero-order chi connectivity index (χ0) is 13.3. The van der Waals surface area contributed by atoms with Gasteiger partial charge < -0.3 is 9.84 Å². The topological polar surface area (TPSA) is 51.5 Å². The second kappa shape index (κ2) is 4.46. The van der Waals surface area contributed by atoms with Gasteiger partial charge in [0.1, 0.15) is 5.60 Å². The Morgan fingerprint density at radius 2 is 2.06 bits per heavy atom. The zero-order valence-corrected chi connectivity index (χ0v) is 10.8. The Hall–Kier alpha value is -1.81. The van der Waals surface area contributed by atoms with Crippen molar-refractivity contribution in [2.24, 2.45) is 0 Å².